The summed E-state index contributed by atoms with van der Waals surface area (Å²) >= 11 is 18.9. The molecule has 19 heavy (non-hydrogen) atoms. The Labute approximate surface area is 139 Å². The van der Waals surface area contributed by atoms with Gasteiger partial charge in [0.05, 0.1) is 0 Å². The molecule has 5 heteroatoms. The second-order valence-electron chi connectivity index (χ2n) is 3.91. The van der Waals surface area contributed by atoms with E-state index >= 15 is 0 Å². The third kappa shape index (κ3) is 4.12. The summed E-state index contributed by atoms with van der Waals surface area (Å²) in [7, 11) is 0. The maximum atomic E-state index is 6.11. The fraction of sp³-hybridized carbons (Fsp3) is 0.143. The zero-order valence-electron chi connectivity index (χ0n) is 9.80. The molecule has 0 aromatic heterocycles. The van der Waals surface area contributed by atoms with E-state index in [1.54, 1.807) is 12.1 Å². The second kappa shape index (κ2) is 6.98. The van der Waals surface area contributed by atoms with Crippen LogP contribution in [0, 0.1) is 0 Å². The van der Waals surface area contributed by atoms with Crippen molar-refractivity contribution in [2.45, 2.75) is 11.9 Å². The van der Waals surface area contributed by atoms with Gasteiger partial charge >= 0.3 is 0 Å². The van der Waals surface area contributed by atoms with E-state index in [2.05, 4.69) is 31.9 Å². The van der Waals surface area contributed by atoms with Crippen molar-refractivity contribution in [2.24, 2.45) is 0 Å². The highest BCUT2D eigenvalue weighted by Crippen LogP contribution is 2.27. The summed E-state index contributed by atoms with van der Waals surface area (Å²) < 4.78 is 6.83. The van der Waals surface area contributed by atoms with E-state index in [1.807, 2.05) is 24.3 Å². The molecule has 100 valence electrons. The number of hydrogen-bond donors (Lipinski definition) is 0. The molecule has 0 radical (unpaired) electrons. The van der Waals surface area contributed by atoms with Crippen molar-refractivity contribution in [2.75, 3.05) is 0 Å². The van der Waals surface area contributed by atoms with Gasteiger partial charge in [-0.1, -0.05) is 55.1 Å². The minimum absolute atomic E-state index is 0.390. The minimum atomic E-state index is 0.390. The van der Waals surface area contributed by atoms with E-state index < -0.39 is 0 Å². The Morgan fingerprint density at radius 3 is 2.53 bits per heavy atom. The molecule has 0 aliphatic rings. The zero-order valence-corrected chi connectivity index (χ0v) is 14.5. The van der Waals surface area contributed by atoms with Crippen molar-refractivity contribution in [3.8, 4) is 5.75 Å². The molecule has 0 fully saturated rings. The van der Waals surface area contributed by atoms with Crippen LogP contribution in [0.2, 0.25) is 10.0 Å². The summed E-state index contributed by atoms with van der Waals surface area (Å²) in [6.45, 7) is 0.390. The molecule has 0 aliphatic heterocycles. The topological polar surface area (TPSA) is 9.23 Å². The molecule has 0 spiro atoms. The zero-order chi connectivity index (χ0) is 13.8. The number of benzene rings is 2. The van der Waals surface area contributed by atoms with Crippen LogP contribution in [-0.2, 0) is 11.9 Å². The van der Waals surface area contributed by atoms with Gasteiger partial charge in [0.2, 0.25) is 0 Å². The largest absolute Gasteiger partial charge is 0.489 e. The Morgan fingerprint density at radius 1 is 1.00 bits per heavy atom. The molecule has 0 saturated carbocycles. The van der Waals surface area contributed by atoms with Crippen LogP contribution in [-0.4, -0.2) is 0 Å². The Balaban J connectivity index is 2.16. The van der Waals surface area contributed by atoms with Gasteiger partial charge < -0.3 is 4.74 Å². The predicted molar refractivity (Wildman–Crippen MR) is 87.6 cm³/mol. The van der Waals surface area contributed by atoms with E-state index in [1.165, 1.54) is 0 Å². The highest BCUT2D eigenvalue weighted by molar-refractivity contribution is 9.10. The molecule has 0 N–H and O–H groups in total. The second-order valence-corrected chi connectivity index (χ2v) is 6.23. The first-order valence-corrected chi connectivity index (χ1v) is 8.18. The molecule has 0 bridgehead atoms. The Morgan fingerprint density at radius 2 is 1.79 bits per heavy atom. The Kier molecular flexibility index (Phi) is 5.58. The van der Waals surface area contributed by atoms with Gasteiger partial charge in [-0.2, -0.15) is 0 Å². The van der Waals surface area contributed by atoms with Crippen molar-refractivity contribution < 1.29 is 4.74 Å². The van der Waals surface area contributed by atoms with E-state index in [0.717, 1.165) is 26.7 Å². The van der Waals surface area contributed by atoms with E-state index in [9.17, 15) is 0 Å². The van der Waals surface area contributed by atoms with E-state index in [0.29, 0.717) is 16.7 Å². The Bertz CT molecular complexity index is 588. The molecule has 0 amide bonds. The highest BCUT2D eigenvalue weighted by Gasteiger charge is 2.06. The van der Waals surface area contributed by atoms with E-state index in [-0.39, 0.29) is 0 Å². The molecule has 0 atom stereocenters. The minimum Gasteiger partial charge on any atom is -0.489 e. The fourth-order valence-electron chi connectivity index (χ4n) is 1.60. The van der Waals surface area contributed by atoms with Gasteiger partial charge in [0.15, 0.2) is 0 Å². The lowest BCUT2D eigenvalue weighted by molar-refractivity contribution is 0.304. The van der Waals surface area contributed by atoms with Crippen molar-refractivity contribution in [1.82, 2.24) is 0 Å². The van der Waals surface area contributed by atoms with Crippen LogP contribution >= 0.6 is 55.1 Å². The number of halogens is 4. The van der Waals surface area contributed by atoms with Gasteiger partial charge in [-0.05, 0) is 36.4 Å². The summed E-state index contributed by atoms with van der Waals surface area (Å²) in [4.78, 5) is 0. The predicted octanol–water partition coefficient (Wildman–Crippen LogP) is 6.23. The summed E-state index contributed by atoms with van der Waals surface area (Å²) in [5.74, 6) is 0.830. The molecule has 0 unspecified atom stereocenters. The normalized spacial score (nSPS) is 10.5. The van der Waals surface area contributed by atoms with Crippen LogP contribution in [0.5, 0.6) is 5.75 Å². The fourth-order valence-corrected chi connectivity index (χ4v) is 2.82. The summed E-state index contributed by atoms with van der Waals surface area (Å²) in [5.41, 5.74) is 1.95. The molecule has 2 aromatic carbocycles. The number of rotatable bonds is 4. The maximum Gasteiger partial charge on any atom is 0.123 e. The molecule has 1 nitrogen and oxygen atoms in total. The van der Waals surface area contributed by atoms with Gasteiger partial charge in [-0.15, -0.1) is 0 Å². The standard InChI is InChI=1S/C14H10Br2Cl2O/c15-7-9-5-11(16)1-4-14(9)19-8-10-6-12(17)2-3-13(10)18/h1-6H,7-8H2. The number of ether oxygens (including phenoxy) is 1. The molecule has 0 heterocycles. The summed E-state index contributed by atoms with van der Waals surface area (Å²) in [5, 5.41) is 2.03. The first kappa shape index (κ1) is 15.2. The van der Waals surface area contributed by atoms with Crippen molar-refractivity contribution >= 4 is 55.1 Å². The van der Waals surface area contributed by atoms with Gasteiger partial charge in [0.25, 0.3) is 0 Å². The smallest absolute Gasteiger partial charge is 0.123 e. The van der Waals surface area contributed by atoms with Crippen LogP contribution in [0.15, 0.2) is 40.9 Å². The monoisotopic (exact) mass is 422 g/mol. The highest BCUT2D eigenvalue weighted by atomic mass is 79.9. The van der Waals surface area contributed by atoms with Gasteiger partial charge in [0, 0.05) is 31.0 Å². The first-order chi connectivity index (χ1) is 9.10. The van der Waals surface area contributed by atoms with Crippen LogP contribution < -0.4 is 4.74 Å². The molecular formula is C14H10Br2Cl2O. The third-order valence-electron chi connectivity index (χ3n) is 2.56. The van der Waals surface area contributed by atoms with Crippen LogP contribution in [0.1, 0.15) is 11.1 Å². The lowest BCUT2D eigenvalue weighted by Crippen LogP contribution is -1.98. The maximum absolute atomic E-state index is 6.11. The molecule has 0 aliphatic carbocycles. The SMILES string of the molecule is Clc1ccc(Cl)c(COc2ccc(Br)cc2CBr)c1. The Hall–Kier alpha value is -0.220. The average Bonchev–Trinajstić information content (AvgIpc) is 2.40. The summed E-state index contributed by atoms with van der Waals surface area (Å²) in [6.07, 6.45) is 0. The van der Waals surface area contributed by atoms with Crippen molar-refractivity contribution in [3.05, 3.63) is 62.0 Å². The average molecular weight is 425 g/mol. The number of hydrogen-bond acceptors (Lipinski definition) is 1. The van der Waals surface area contributed by atoms with Gasteiger partial charge in [-0.25, -0.2) is 0 Å². The van der Waals surface area contributed by atoms with Crippen molar-refractivity contribution in [3.63, 3.8) is 0 Å². The van der Waals surface area contributed by atoms with Crippen LogP contribution in [0.4, 0.5) is 0 Å². The lowest BCUT2D eigenvalue weighted by atomic mass is 10.2. The van der Waals surface area contributed by atoms with Crippen molar-refractivity contribution in [1.29, 1.82) is 0 Å². The van der Waals surface area contributed by atoms with E-state index in [4.69, 9.17) is 27.9 Å². The molecule has 0 saturated heterocycles. The summed E-state index contributed by atoms with van der Waals surface area (Å²) in [6, 6.07) is 11.2. The quantitative estimate of drug-likeness (QED) is 0.528. The molecule has 2 rings (SSSR count). The first-order valence-electron chi connectivity index (χ1n) is 5.51. The third-order valence-corrected chi connectivity index (χ3v) is 4.26. The lowest BCUT2D eigenvalue weighted by Gasteiger charge is -2.11. The van der Waals surface area contributed by atoms with Gasteiger partial charge in [-0.3, -0.25) is 0 Å². The van der Waals surface area contributed by atoms with Gasteiger partial charge in [0.1, 0.15) is 12.4 Å². The van der Waals surface area contributed by atoms with Crippen LogP contribution in [0.3, 0.4) is 0 Å². The molecular weight excluding hydrogens is 415 g/mol. The van der Waals surface area contributed by atoms with Crippen LogP contribution in [0.25, 0.3) is 0 Å². The molecule has 2 aromatic rings. The number of alkyl halides is 1.